The number of guanidine groups is 1. The van der Waals surface area contributed by atoms with Crippen LogP contribution in [0, 0.1) is 5.41 Å². The summed E-state index contributed by atoms with van der Waals surface area (Å²) < 4.78 is 0. The lowest BCUT2D eigenvalue weighted by Crippen LogP contribution is -2.50. The maximum atomic E-state index is 12.8. The minimum atomic E-state index is -0.332. The van der Waals surface area contributed by atoms with Gasteiger partial charge in [-0.2, -0.15) is 0 Å². The van der Waals surface area contributed by atoms with Crippen LogP contribution >= 0.6 is 24.0 Å². The van der Waals surface area contributed by atoms with Crippen LogP contribution in [0.1, 0.15) is 32.6 Å². The zero-order valence-corrected chi connectivity index (χ0v) is 22.0. The lowest BCUT2D eigenvalue weighted by atomic mass is 9.85. The molecular weight excluding hydrogens is 519 g/mol. The summed E-state index contributed by atoms with van der Waals surface area (Å²) >= 11 is 0. The van der Waals surface area contributed by atoms with Crippen molar-refractivity contribution >= 4 is 41.8 Å². The van der Waals surface area contributed by atoms with E-state index in [1.807, 2.05) is 20.2 Å². The molecule has 0 unspecified atom stereocenters. The fourth-order valence-corrected chi connectivity index (χ4v) is 4.50. The van der Waals surface area contributed by atoms with Gasteiger partial charge in [-0.3, -0.25) is 14.7 Å². The molecule has 0 radical (unpaired) electrons. The van der Waals surface area contributed by atoms with Crippen molar-refractivity contribution in [3.8, 4) is 0 Å². The lowest BCUT2D eigenvalue weighted by Gasteiger charge is -2.34. The van der Waals surface area contributed by atoms with Crippen molar-refractivity contribution < 1.29 is 4.79 Å². The third-order valence-electron chi connectivity index (χ3n) is 6.23. The highest BCUT2D eigenvalue weighted by atomic mass is 127. The number of nitrogens with one attached hydrogen (secondary N) is 2. The normalized spacial score (nSPS) is 18.7. The molecule has 180 valence electrons. The third-order valence-corrected chi connectivity index (χ3v) is 6.23. The fraction of sp³-hybridized carbons (Fsp3) is 0.727. The van der Waals surface area contributed by atoms with Gasteiger partial charge >= 0.3 is 0 Å². The molecule has 2 heterocycles. The Kier molecular flexibility index (Phi) is 10.9. The van der Waals surface area contributed by atoms with Gasteiger partial charge in [0.25, 0.3) is 0 Å². The average molecular weight is 559 g/mol. The van der Waals surface area contributed by atoms with Crippen LogP contribution in [0.15, 0.2) is 23.5 Å². The second kappa shape index (κ2) is 13.1. The van der Waals surface area contributed by atoms with Crippen LogP contribution in [-0.2, 0) is 4.79 Å². The molecule has 1 aromatic rings. The number of hydrogen-bond acceptors (Lipinski definition) is 6. The molecule has 0 bridgehead atoms. The summed E-state index contributed by atoms with van der Waals surface area (Å²) in [5.41, 5.74) is -0.332. The van der Waals surface area contributed by atoms with Crippen molar-refractivity contribution in [3.05, 3.63) is 18.5 Å². The first-order valence-corrected chi connectivity index (χ1v) is 11.5. The minimum absolute atomic E-state index is 0. The minimum Gasteiger partial charge on any atom is -0.357 e. The molecule has 1 aliphatic carbocycles. The highest BCUT2D eigenvalue weighted by Crippen LogP contribution is 2.39. The standard InChI is InChI=1S/C22H38N8O.HI/c1-4-23-20(27-18-22(8-5-6-9-22)19(31)28(2)3)24-12-13-29-14-16-30(17-15-29)21-25-10-7-11-26-21;/h7,10-11H,4-6,8-9,12-18H2,1-3H3,(H2,23,24,27);1H. The van der Waals surface area contributed by atoms with Crippen LogP contribution in [0.5, 0.6) is 0 Å². The van der Waals surface area contributed by atoms with Gasteiger partial charge in [-0.05, 0) is 25.8 Å². The number of hydrogen-bond donors (Lipinski definition) is 2. The monoisotopic (exact) mass is 558 g/mol. The number of aliphatic imine (C=N–C) groups is 1. The quantitative estimate of drug-likeness (QED) is 0.284. The molecule has 32 heavy (non-hydrogen) atoms. The van der Waals surface area contributed by atoms with E-state index >= 15 is 0 Å². The van der Waals surface area contributed by atoms with Crippen LogP contribution in [0.4, 0.5) is 5.95 Å². The number of halogens is 1. The van der Waals surface area contributed by atoms with Crippen LogP contribution in [-0.4, -0.2) is 98.1 Å². The number of carbonyl (C=O) groups excluding carboxylic acids is 1. The van der Waals surface area contributed by atoms with Crippen LogP contribution in [0.2, 0.25) is 0 Å². The van der Waals surface area contributed by atoms with E-state index in [-0.39, 0.29) is 35.3 Å². The summed E-state index contributed by atoms with van der Waals surface area (Å²) in [6, 6.07) is 1.85. The van der Waals surface area contributed by atoms with Crippen molar-refractivity contribution in [2.24, 2.45) is 10.4 Å². The van der Waals surface area contributed by atoms with E-state index in [1.165, 1.54) is 0 Å². The van der Waals surface area contributed by atoms with E-state index in [4.69, 9.17) is 4.99 Å². The largest absolute Gasteiger partial charge is 0.357 e. The van der Waals surface area contributed by atoms with Crippen molar-refractivity contribution in [1.82, 2.24) is 30.4 Å². The Bertz CT molecular complexity index is 716. The zero-order valence-electron chi connectivity index (χ0n) is 19.7. The molecular formula is C22H39IN8O. The van der Waals surface area contributed by atoms with Gasteiger partial charge in [-0.1, -0.05) is 12.8 Å². The van der Waals surface area contributed by atoms with E-state index in [2.05, 4.69) is 37.3 Å². The first-order chi connectivity index (χ1) is 15.0. The molecule has 0 aromatic carbocycles. The van der Waals surface area contributed by atoms with Crippen LogP contribution in [0.3, 0.4) is 0 Å². The topological polar surface area (TPSA) is 89.0 Å². The average Bonchev–Trinajstić information content (AvgIpc) is 3.28. The third kappa shape index (κ3) is 7.16. The first-order valence-electron chi connectivity index (χ1n) is 11.5. The number of rotatable bonds is 8. The summed E-state index contributed by atoms with van der Waals surface area (Å²) in [4.78, 5) is 32.7. The van der Waals surface area contributed by atoms with Gasteiger partial charge in [-0.15, -0.1) is 24.0 Å². The Labute approximate surface area is 209 Å². The Morgan fingerprint density at radius 3 is 2.38 bits per heavy atom. The van der Waals surface area contributed by atoms with Gasteiger partial charge in [0.1, 0.15) is 0 Å². The number of nitrogens with zero attached hydrogens (tertiary/aromatic N) is 6. The summed E-state index contributed by atoms with van der Waals surface area (Å²) in [6.45, 7) is 9.06. The van der Waals surface area contributed by atoms with E-state index < -0.39 is 0 Å². The van der Waals surface area contributed by atoms with Gasteiger partial charge < -0.3 is 20.4 Å². The molecule has 2 aliphatic rings. The SMILES string of the molecule is CCNC(=NCC1(C(=O)N(C)C)CCCC1)NCCN1CCN(c2ncccn2)CC1.I. The van der Waals surface area contributed by atoms with Crippen LogP contribution < -0.4 is 15.5 Å². The van der Waals surface area contributed by atoms with E-state index in [9.17, 15) is 4.79 Å². The van der Waals surface area contributed by atoms with Crippen molar-refractivity contribution in [2.45, 2.75) is 32.6 Å². The van der Waals surface area contributed by atoms with Crippen LogP contribution in [0.25, 0.3) is 0 Å². The Morgan fingerprint density at radius 2 is 1.78 bits per heavy atom. The molecule has 1 aromatic heterocycles. The van der Waals surface area contributed by atoms with Gasteiger partial charge in [0.2, 0.25) is 11.9 Å². The summed E-state index contributed by atoms with van der Waals surface area (Å²) in [5.74, 6) is 1.83. The molecule has 3 rings (SSSR count). The maximum absolute atomic E-state index is 12.8. The highest BCUT2D eigenvalue weighted by molar-refractivity contribution is 14.0. The molecule has 1 saturated carbocycles. The maximum Gasteiger partial charge on any atom is 0.230 e. The highest BCUT2D eigenvalue weighted by Gasteiger charge is 2.42. The summed E-state index contributed by atoms with van der Waals surface area (Å²) in [5, 5.41) is 6.78. The Balaban J connectivity index is 0.00000363. The Morgan fingerprint density at radius 1 is 1.12 bits per heavy atom. The zero-order chi connectivity index (χ0) is 22.1. The van der Waals surface area contributed by atoms with Crippen molar-refractivity contribution in [2.75, 3.05) is 71.4 Å². The molecule has 10 heteroatoms. The van der Waals surface area contributed by atoms with E-state index in [0.29, 0.717) is 6.54 Å². The van der Waals surface area contributed by atoms with Gasteiger partial charge in [0.15, 0.2) is 5.96 Å². The smallest absolute Gasteiger partial charge is 0.230 e. The van der Waals surface area contributed by atoms with Gasteiger partial charge in [0, 0.05) is 72.3 Å². The first kappa shape index (κ1) is 26.6. The van der Waals surface area contributed by atoms with Crippen molar-refractivity contribution in [1.29, 1.82) is 0 Å². The predicted molar refractivity (Wildman–Crippen MR) is 140 cm³/mol. The van der Waals surface area contributed by atoms with E-state index in [1.54, 1.807) is 17.3 Å². The molecule has 2 N–H and O–H groups in total. The molecule has 1 saturated heterocycles. The van der Waals surface area contributed by atoms with Gasteiger partial charge in [0.05, 0.1) is 12.0 Å². The predicted octanol–water partition coefficient (Wildman–Crippen LogP) is 1.42. The molecule has 1 aliphatic heterocycles. The Hall–Kier alpha value is -1.69. The number of carbonyl (C=O) groups is 1. The summed E-state index contributed by atoms with van der Waals surface area (Å²) in [7, 11) is 3.69. The van der Waals surface area contributed by atoms with Crippen molar-refractivity contribution in [3.63, 3.8) is 0 Å². The molecule has 2 fully saturated rings. The number of piperazine rings is 1. The molecule has 1 amide bonds. The van der Waals surface area contributed by atoms with Gasteiger partial charge in [-0.25, -0.2) is 9.97 Å². The number of anilines is 1. The molecule has 0 spiro atoms. The number of amides is 1. The fourth-order valence-electron chi connectivity index (χ4n) is 4.50. The molecule has 0 atom stereocenters. The second-order valence-electron chi connectivity index (χ2n) is 8.69. The molecule has 9 nitrogen and oxygen atoms in total. The summed E-state index contributed by atoms with van der Waals surface area (Å²) in [6.07, 6.45) is 7.67. The number of aromatic nitrogens is 2. The lowest BCUT2D eigenvalue weighted by molar-refractivity contribution is -0.138. The van der Waals surface area contributed by atoms with E-state index in [0.717, 1.165) is 83.4 Å². The second-order valence-corrected chi connectivity index (χ2v) is 8.69.